The van der Waals surface area contributed by atoms with Crippen LogP contribution in [0.4, 0.5) is 0 Å². The molecule has 0 heterocycles. The lowest BCUT2D eigenvalue weighted by atomic mass is 9.85. The fourth-order valence-corrected chi connectivity index (χ4v) is 1.95. The first-order chi connectivity index (χ1) is 9.00. The van der Waals surface area contributed by atoms with E-state index in [4.69, 9.17) is 15.2 Å². The van der Waals surface area contributed by atoms with E-state index < -0.39 is 17.1 Å². The zero-order valence-electron chi connectivity index (χ0n) is 13.6. The van der Waals surface area contributed by atoms with Gasteiger partial charge >= 0.3 is 11.9 Å². The van der Waals surface area contributed by atoms with Crippen molar-refractivity contribution in [2.75, 3.05) is 6.61 Å². The van der Waals surface area contributed by atoms with Crippen LogP contribution in [-0.4, -0.2) is 29.7 Å². The molecule has 0 aromatic rings. The van der Waals surface area contributed by atoms with Crippen LogP contribution in [0.3, 0.4) is 0 Å². The maximum Gasteiger partial charge on any atom is 0.326 e. The highest BCUT2D eigenvalue weighted by Gasteiger charge is 2.38. The normalized spacial score (nSPS) is 14.8. The average molecular weight is 287 g/mol. The molecule has 1 atom stereocenters. The van der Waals surface area contributed by atoms with Gasteiger partial charge in [0.15, 0.2) is 0 Å². The number of ether oxygens (including phenoxy) is 2. The highest BCUT2D eigenvalue weighted by molar-refractivity contribution is 5.82. The monoisotopic (exact) mass is 287 g/mol. The second-order valence-corrected chi connectivity index (χ2v) is 6.56. The van der Waals surface area contributed by atoms with Crippen LogP contribution in [0, 0.1) is 5.92 Å². The van der Waals surface area contributed by atoms with Gasteiger partial charge in [-0.05, 0) is 46.5 Å². The van der Waals surface area contributed by atoms with Gasteiger partial charge in [-0.1, -0.05) is 13.8 Å². The van der Waals surface area contributed by atoms with E-state index in [9.17, 15) is 9.59 Å². The fraction of sp³-hybridized carbons (Fsp3) is 0.867. The van der Waals surface area contributed by atoms with E-state index in [1.165, 1.54) is 0 Å². The maximum absolute atomic E-state index is 12.3. The van der Waals surface area contributed by atoms with Gasteiger partial charge in [-0.25, -0.2) is 0 Å². The zero-order valence-corrected chi connectivity index (χ0v) is 13.6. The lowest BCUT2D eigenvalue weighted by Gasteiger charge is -2.32. The van der Waals surface area contributed by atoms with E-state index in [1.807, 2.05) is 13.8 Å². The average Bonchev–Trinajstić information content (AvgIpc) is 2.23. The Morgan fingerprint density at radius 3 is 2.15 bits per heavy atom. The van der Waals surface area contributed by atoms with E-state index in [0.29, 0.717) is 13.0 Å². The first-order valence-electron chi connectivity index (χ1n) is 7.18. The molecule has 2 N–H and O–H groups in total. The van der Waals surface area contributed by atoms with Crippen LogP contribution in [0.25, 0.3) is 0 Å². The van der Waals surface area contributed by atoms with Crippen molar-refractivity contribution in [2.45, 2.75) is 71.9 Å². The molecule has 0 aliphatic heterocycles. The number of hydrogen-bond acceptors (Lipinski definition) is 5. The predicted molar refractivity (Wildman–Crippen MR) is 78.1 cm³/mol. The maximum atomic E-state index is 12.3. The molecule has 0 radical (unpaired) electrons. The summed E-state index contributed by atoms with van der Waals surface area (Å²) in [7, 11) is 0. The molecule has 0 fully saturated rings. The van der Waals surface area contributed by atoms with Crippen LogP contribution in [0.15, 0.2) is 0 Å². The summed E-state index contributed by atoms with van der Waals surface area (Å²) in [5, 5.41) is 0. The number of hydrogen-bond donors (Lipinski definition) is 1. The Balaban J connectivity index is 4.82. The van der Waals surface area contributed by atoms with Gasteiger partial charge in [0.05, 0.1) is 6.61 Å². The molecule has 0 aromatic heterocycles. The summed E-state index contributed by atoms with van der Waals surface area (Å²) in [6.45, 7) is 11.4. The van der Waals surface area contributed by atoms with E-state index in [0.717, 1.165) is 0 Å². The SMILES string of the molecule is CCOC(=O)CCC(N)(CC(C)C)C(=O)OC(C)(C)C. The highest BCUT2D eigenvalue weighted by atomic mass is 16.6. The van der Waals surface area contributed by atoms with Gasteiger partial charge in [-0.15, -0.1) is 0 Å². The molecule has 0 bridgehead atoms. The summed E-state index contributed by atoms with van der Waals surface area (Å²) in [4.78, 5) is 23.7. The lowest BCUT2D eigenvalue weighted by molar-refractivity contribution is -0.163. The van der Waals surface area contributed by atoms with Gasteiger partial charge in [0, 0.05) is 6.42 Å². The summed E-state index contributed by atoms with van der Waals surface area (Å²) in [5.74, 6) is -0.563. The zero-order chi connectivity index (χ0) is 16.0. The van der Waals surface area contributed by atoms with E-state index in [2.05, 4.69) is 0 Å². The van der Waals surface area contributed by atoms with Crippen LogP contribution < -0.4 is 5.73 Å². The van der Waals surface area contributed by atoms with Crippen LogP contribution in [0.1, 0.15) is 60.8 Å². The molecule has 1 unspecified atom stereocenters. The largest absolute Gasteiger partial charge is 0.466 e. The Hall–Kier alpha value is -1.10. The number of esters is 2. The van der Waals surface area contributed by atoms with Crippen molar-refractivity contribution in [3.63, 3.8) is 0 Å². The summed E-state index contributed by atoms with van der Waals surface area (Å²) in [5.41, 5.74) is 4.47. The van der Waals surface area contributed by atoms with Gasteiger partial charge < -0.3 is 15.2 Å². The smallest absolute Gasteiger partial charge is 0.326 e. The van der Waals surface area contributed by atoms with Crippen molar-refractivity contribution >= 4 is 11.9 Å². The van der Waals surface area contributed by atoms with Crippen molar-refractivity contribution in [1.29, 1.82) is 0 Å². The van der Waals surface area contributed by atoms with Gasteiger partial charge in [0.25, 0.3) is 0 Å². The molecule has 5 nitrogen and oxygen atoms in total. The van der Waals surface area contributed by atoms with Crippen LogP contribution in [0.5, 0.6) is 0 Å². The van der Waals surface area contributed by atoms with Crippen LogP contribution >= 0.6 is 0 Å². The Morgan fingerprint density at radius 2 is 1.75 bits per heavy atom. The minimum atomic E-state index is -1.14. The van der Waals surface area contributed by atoms with E-state index >= 15 is 0 Å². The van der Waals surface area contributed by atoms with Crippen LogP contribution in [-0.2, 0) is 19.1 Å². The quantitative estimate of drug-likeness (QED) is 0.727. The number of carbonyl (C=O) groups is 2. The highest BCUT2D eigenvalue weighted by Crippen LogP contribution is 2.24. The molecular formula is C15H29NO4. The minimum Gasteiger partial charge on any atom is -0.466 e. The number of carbonyl (C=O) groups excluding carboxylic acids is 2. The number of nitrogens with two attached hydrogens (primary N) is 1. The van der Waals surface area contributed by atoms with Crippen molar-refractivity contribution < 1.29 is 19.1 Å². The van der Waals surface area contributed by atoms with E-state index in [1.54, 1.807) is 27.7 Å². The molecule has 20 heavy (non-hydrogen) atoms. The molecule has 0 spiro atoms. The Labute approximate surface area is 122 Å². The second kappa shape index (κ2) is 7.62. The first kappa shape index (κ1) is 18.9. The minimum absolute atomic E-state index is 0.121. The molecule has 5 heteroatoms. The molecule has 0 rings (SSSR count). The van der Waals surface area contributed by atoms with Gasteiger partial charge in [-0.2, -0.15) is 0 Å². The molecule has 0 saturated heterocycles. The van der Waals surface area contributed by atoms with E-state index in [-0.39, 0.29) is 24.7 Å². The molecule has 0 aliphatic rings. The van der Waals surface area contributed by atoms with Crippen molar-refractivity contribution in [1.82, 2.24) is 0 Å². The fourth-order valence-electron chi connectivity index (χ4n) is 1.95. The van der Waals surface area contributed by atoms with Crippen molar-refractivity contribution in [3.8, 4) is 0 Å². The lowest BCUT2D eigenvalue weighted by Crippen LogP contribution is -2.52. The predicted octanol–water partition coefficient (Wildman–Crippen LogP) is 2.42. The standard InChI is InChI=1S/C15H29NO4/c1-7-19-12(17)8-9-15(16,10-11(2)3)13(18)20-14(4,5)6/h11H,7-10,16H2,1-6H3. The number of rotatable bonds is 7. The Bertz CT molecular complexity index is 333. The second-order valence-electron chi connectivity index (χ2n) is 6.56. The van der Waals surface area contributed by atoms with Crippen molar-refractivity contribution in [3.05, 3.63) is 0 Å². The summed E-state index contributed by atoms with van der Waals surface area (Å²) in [6.07, 6.45) is 0.830. The van der Waals surface area contributed by atoms with Gasteiger partial charge in [0.1, 0.15) is 11.1 Å². The third-order valence-corrected chi connectivity index (χ3v) is 2.66. The molecule has 0 aliphatic carbocycles. The summed E-state index contributed by atoms with van der Waals surface area (Å²) >= 11 is 0. The molecule has 0 saturated carbocycles. The molecule has 0 aromatic carbocycles. The Kier molecular flexibility index (Phi) is 7.20. The van der Waals surface area contributed by atoms with Gasteiger partial charge in [-0.3, -0.25) is 9.59 Å². The van der Waals surface area contributed by atoms with Gasteiger partial charge in [0.2, 0.25) is 0 Å². The molecular weight excluding hydrogens is 258 g/mol. The molecule has 118 valence electrons. The summed E-state index contributed by atoms with van der Waals surface area (Å²) in [6, 6.07) is 0. The Morgan fingerprint density at radius 1 is 1.20 bits per heavy atom. The third-order valence-electron chi connectivity index (χ3n) is 2.66. The van der Waals surface area contributed by atoms with Crippen molar-refractivity contribution in [2.24, 2.45) is 11.7 Å². The topological polar surface area (TPSA) is 78.6 Å². The first-order valence-corrected chi connectivity index (χ1v) is 7.18. The summed E-state index contributed by atoms with van der Waals surface area (Å²) < 4.78 is 10.3. The molecule has 0 amide bonds. The van der Waals surface area contributed by atoms with Crippen LogP contribution in [0.2, 0.25) is 0 Å². The third kappa shape index (κ3) is 7.48.